The summed E-state index contributed by atoms with van der Waals surface area (Å²) in [6.07, 6.45) is 1.41. The number of Topliss-reactive ketones (excluding diaryl/α,β-unsaturated/α-hetero) is 1. The molecule has 0 N–H and O–H groups in total. The molecule has 0 heterocycles. The molecule has 1 rings (SSSR count). The van der Waals surface area contributed by atoms with Crippen LogP contribution in [0, 0.1) is 0 Å². The van der Waals surface area contributed by atoms with Crippen LogP contribution in [0.2, 0.25) is 0 Å². The van der Waals surface area contributed by atoms with Gasteiger partial charge in [0.05, 0.1) is 12.2 Å². The van der Waals surface area contributed by atoms with E-state index in [9.17, 15) is 4.79 Å². The largest absolute Gasteiger partial charge is 0.490 e. The number of hydrogen-bond acceptors (Lipinski definition) is 3. The van der Waals surface area contributed by atoms with E-state index in [0.717, 1.165) is 6.42 Å². The molecule has 0 saturated carbocycles. The molecule has 0 aromatic heterocycles. The van der Waals surface area contributed by atoms with Gasteiger partial charge >= 0.3 is 0 Å². The molecule has 1 aromatic carbocycles. The average Bonchev–Trinajstić information content (AvgIpc) is 2.30. The maximum Gasteiger partial charge on any atom is 0.166 e. The third-order valence-electron chi connectivity index (χ3n) is 2.21. The number of para-hydroxylation sites is 1. The highest BCUT2D eigenvalue weighted by molar-refractivity contribution is 5.98. The molecule has 0 aliphatic heterocycles. The van der Waals surface area contributed by atoms with E-state index in [1.54, 1.807) is 13.2 Å². The van der Waals surface area contributed by atoms with Crippen molar-refractivity contribution in [3.8, 4) is 5.75 Å². The van der Waals surface area contributed by atoms with Crippen molar-refractivity contribution < 1.29 is 14.3 Å². The Hall–Kier alpha value is -1.35. The van der Waals surface area contributed by atoms with Gasteiger partial charge in [-0.25, -0.2) is 0 Å². The monoisotopic (exact) mass is 222 g/mol. The van der Waals surface area contributed by atoms with Gasteiger partial charge in [0.15, 0.2) is 5.78 Å². The Labute approximate surface area is 96.4 Å². The second-order valence-electron chi connectivity index (χ2n) is 3.51. The van der Waals surface area contributed by atoms with Gasteiger partial charge in [0.2, 0.25) is 0 Å². The molecule has 0 fully saturated rings. The van der Waals surface area contributed by atoms with Crippen molar-refractivity contribution in [2.45, 2.75) is 19.8 Å². The fourth-order valence-electron chi connectivity index (χ4n) is 1.42. The SMILES string of the molecule is CCCC(=O)c1ccccc1OCCOC. The van der Waals surface area contributed by atoms with Gasteiger partial charge in [0.1, 0.15) is 12.4 Å². The first kappa shape index (κ1) is 12.7. The summed E-state index contributed by atoms with van der Waals surface area (Å²) in [5.74, 6) is 0.786. The molecule has 0 bridgehead atoms. The van der Waals surface area contributed by atoms with Crippen molar-refractivity contribution in [3.63, 3.8) is 0 Å². The van der Waals surface area contributed by atoms with Crippen molar-refractivity contribution in [1.82, 2.24) is 0 Å². The summed E-state index contributed by atoms with van der Waals surface area (Å²) in [5.41, 5.74) is 0.667. The van der Waals surface area contributed by atoms with E-state index in [0.29, 0.717) is 30.9 Å². The minimum Gasteiger partial charge on any atom is -0.490 e. The van der Waals surface area contributed by atoms with Gasteiger partial charge in [-0.15, -0.1) is 0 Å². The summed E-state index contributed by atoms with van der Waals surface area (Å²) < 4.78 is 10.4. The molecule has 0 aliphatic rings. The quantitative estimate of drug-likeness (QED) is 0.525. The maximum absolute atomic E-state index is 11.8. The Morgan fingerprint density at radius 1 is 1.25 bits per heavy atom. The van der Waals surface area contributed by atoms with Crippen LogP contribution >= 0.6 is 0 Å². The summed E-state index contributed by atoms with van der Waals surface area (Å²) in [4.78, 5) is 11.8. The van der Waals surface area contributed by atoms with Crippen LogP contribution in [0.15, 0.2) is 24.3 Å². The molecule has 3 nitrogen and oxygen atoms in total. The highest BCUT2D eigenvalue weighted by Gasteiger charge is 2.10. The van der Waals surface area contributed by atoms with Crippen LogP contribution in [0.1, 0.15) is 30.1 Å². The van der Waals surface area contributed by atoms with E-state index in [-0.39, 0.29) is 5.78 Å². The van der Waals surface area contributed by atoms with Gasteiger partial charge in [-0.2, -0.15) is 0 Å². The van der Waals surface area contributed by atoms with E-state index < -0.39 is 0 Å². The lowest BCUT2D eigenvalue weighted by Gasteiger charge is -2.09. The standard InChI is InChI=1S/C13H18O3/c1-3-6-12(14)11-7-4-5-8-13(11)16-10-9-15-2/h4-5,7-8H,3,6,9-10H2,1-2H3. The molecule has 0 atom stereocenters. The Morgan fingerprint density at radius 2 is 2.00 bits per heavy atom. The minimum atomic E-state index is 0.135. The summed E-state index contributed by atoms with van der Waals surface area (Å²) in [6.45, 7) is 2.98. The number of benzene rings is 1. The van der Waals surface area contributed by atoms with Gasteiger partial charge in [-0.1, -0.05) is 19.1 Å². The highest BCUT2D eigenvalue weighted by atomic mass is 16.5. The summed E-state index contributed by atoms with van der Waals surface area (Å²) in [7, 11) is 1.62. The second-order valence-corrected chi connectivity index (χ2v) is 3.51. The lowest BCUT2D eigenvalue weighted by Crippen LogP contribution is -2.08. The molecule has 0 spiro atoms. The molecule has 0 unspecified atom stereocenters. The van der Waals surface area contributed by atoms with Gasteiger partial charge in [-0.05, 0) is 18.6 Å². The summed E-state index contributed by atoms with van der Waals surface area (Å²) in [5, 5.41) is 0. The van der Waals surface area contributed by atoms with Crippen LogP contribution in [0.25, 0.3) is 0 Å². The van der Waals surface area contributed by atoms with Gasteiger partial charge in [0, 0.05) is 13.5 Å². The topological polar surface area (TPSA) is 35.5 Å². The Bertz CT molecular complexity index is 334. The number of hydrogen-bond donors (Lipinski definition) is 0. The Kier molecular flexibility index (Phi) is 5.57. The molecule has 16 heavy (non-hydrogen) atoms. The normalized spacial score (nSPS) is 10.1. The first-order valence-electron chi connectivity index (χ1n) is 5.53. The second kappa shape index (κ2) is 7.01. The van der Waals surface area contributed by atoms with E-state index in [1.807, 2.05) is 25.1 Å². The zero-order valence-corrected chi connectivity index (χ0v) is 9.86. The molecule has 1 aromatic rings. The molecule has 0 radical (unpaired) electrons. The van der Waals surface area contributed by atoms with Crippen molar-refractivity contribution in [3.05, 3.63) is 29.8 Å². The smallest absolute Gasteiger partial charge is 0.166 e. The van der Waals surface area contributed by atoms with Crippen LogP contribution in [0.3, 0.4) is 0 Å². The molecular formula is C13H18O3. The van der Waals surface area contributed by atoms with Crippen LogP contribution in [-0.4, -0.2) is 26.1 Å². The van der Waals surface area contributed by atoms with Crippen molar-refractivity contribution >= 4 is 5.78 Å². The van der Waals surface area contributed by atoms with Crippen LogP contribution < -0.4 is 4.74 Å². The lowest BCUT2D eigenvalue weighted by molar-refractivity contribution is 0.0974. The number of carbonyl (C=O) groups is 1. The predicted molar refractivity (Wildman–Crippen MR) is 63.1 cm³/mol. The summed E-state index contributed by atoms with van der Waals surface area (Å²) in [6, 6.07) is 7.34. The molecule has 0 amide bonds. The fraction of sp³-hybridized carbons (Fsp3) is 0.462. The molecule has 3 heteroatoms. The molecule has 88 valence electrons. The number of rotatable bonds is 7. The fourth-order valence-corrected chi connectivity index (χ4v) is 1.42. The highest BCUT2D eigenvalue weighted by Crippen LogP contribution is 2.20. The zero-order chi connectivity index (χ0) is 11.8. The van der Waals surface area contributed by atoms with E-state index in [4.69, 9.17) is 9.47 Å². The van der Waals surface area contributed by atoms with Crippen molar-refractivity contribution in [2.75, 3.05) is 20.3 Å². The first-order valence-corrected chi connectivity index (χ1v) is 5.53. The molecule has 0 saturated heterocycles. The van der Waals surface area contributed by atoms with E-state index in [2.05, 4.69) is 0 Å². The van der Waals surface area contributed by atoms with Crippen molar-refractivity contribution in [2.24, 2.45) is 0 Å². The van der Waals surface area contributed by atoms with Gasteiger partial charge < -0.3 is 9.47 Å². The number of carbonyl (C=O) groups excluding carboxylic acids is 1. The zero-order valence-electron chi connectivity index (χ0n) is 9.86. The van der Waals surface area contributed by atoms with E-state index in [1.165, 1.54) is 0 Å². The lowest BCUT2D eigenvalue weighted by atomic mass is 10.1. The molecular weight excluding hydrogens is 204 g/mol. The van der Waals surface area contributed by atoms with Crippen LogP contribution in [0.5, 0.6) is 5.75 Å². The number of ether oxygens (including phenoxy) is 2. The van der Waals surface area contributed by atoms with Crippen molar-refractivity contribution in [1.29, 1.82) is 0 Å². The average molecular weight is 222 g/mol. The van der Waals surface area contributed by atoms with Gasteiger partial charge in [0.25, 0.3) is 0 Å². The number of methoxy groups -OCH3 is 1. The first-order chi connectivity index (χ1) is 7.79. The maximum atomic E-state index is 11.8. The summed E-state index contributed by atoms with van der Waals surface area (Å²) >= 11 is 0. The third kappa shape index (κ3) is 3.66. The molecule has 0 aliphatic carbocycles. The predicted octanol–water partition coefficient (Wildman–Crippen LogP) is 2.69. The van der Waals surface area contributed by atoms with Crippen LogP contribution in [-0.2, 0) is 4.74 Å². The Balaban J connectivity index is 2.71. The minimum absolute atomic E-state index is 0.135. The number of ketones is 1. The van der Waals surface area contributed by atoms with Crippen LogP contribution in [0.4, 0.5) is 0 Å². The van der Waals surface area contributed by atoms with Gasteiger partial charge in [-0.3, -0.25) is 4.79 Å². The van der Waals surface area contributed by atoms with E-state index >= 15 is 0 Å². The Morgan fingerprint density at radius 3 is 2.69 bits per heavy atom. The third-order valence-corrected chi connectivity index (χ3v) is 2.21.